The highest BCUT2D eigenvalue weighted by Gasteiger charge is 2.21. The van der Waals surface area contributed by atoms with E-state index in [4.69, 9.17) is 9.47 Å². The van der Waals surface area contributed by atoms with E-state index >= 15 is 0 Å². The molecule has 19 heavy (non-hydrogen) atoms. The first-order chi connectivity index (χ1) is 9.05. The van der Waals surface area contributed by atoms with E-state index in [2.05, 4.69) is 0 Å². The lowest BCUT2D eigenvalue weighted by molar-refractivity contribution is -0.105. The fourth-order valence-corrected chi connectivity index (χ4v) is 2.26. The minimum atomic E-state index is 0.190. The molecular weight excluding hydrogens is 240 g/mol. The van der Waals surface area contributed by atoms with E-state index < -0.39 is 0 Å². The third-order valence-electron chi connectivity index (χ3n) is 3.37. The van der Waals surface area contributed by atoms with E-state index in [1.165, 1.54) is 5.56 Å². The number of hydrogen-bond acceptors (Lipinski definition) is 3. The molecule has 1 aliphatic rings. The van der Waals surface area contributed by atoms with Gasteiger partial charge in [-0.1, -0.05) is 13.8 Å². The molecule has 102 valence electrons. The second-order valence-electron chi connectivity index (χ2n) is 5.25. The Balaban J connectivity index is 2.46. The maximum atomic E-state index is 11.1. The van der Waals surface area contributed by atoms with Gasteiger partial charge in [0.25, 0.3) is 0 Å². The lowest BCUT2D eigenvalue weighted by Gasteiger charge is -2.10. The standard InChI is InChI=1S/C16H20O3/c1-10(2)14(9-17)6-13-8-16-12(5-11(3)19-16)7-15(13)18-4/h6-11H,5H2,1-4H3/b14-6-. The summed E-state index contributed by atoms with van der Waals surface area (Å²) in [5.41, 5.74) is 2.81. The molecule has 1 unspecified atom stereocenters. The average molecular weight is 260 g/mol. The summed E-state index contributed by atoms with van der Waals surface area (Å²) < 4.78 is 11.2. The summed E-state index contributed by atoms with van der Waals surface area (Å²) >= 11 is 0. The Hall–Kier alpha value is -1.77. The van der Waals surface area contributed by atoms with Gasteiger partial charge in [0, 0.05) is 17.5 Å². The molecule has 0 N–H and O–H groups in total. The van der Waals surface area contributed by atoms with Crippen LogP contribution in [0.5, 0.6) is 11.5 Å². The highest BCUT2D eigenvalue weighted by molar-refractivity contribution is 5.83. The van der Waals surface area contributed by atoms with Crippen LogP contribution in [0.4, 0.5) is 0 Å². The number of benzene rings is 1. The van der Waals surface area contributed by atoms with Crippen molar-refractivity contribution in [2.45, 2.75) is 33.3 Å². The number of hydrogen-bond donors (Lipinski definition) is 0. The van der Waals surface area contributed by atoms with Crippen LogP contribution in [0.2, 0.25) is 0 Å². The number of aldehydes is 1. The van der Waals surface area contributed by atoms with Gasteiger partial charge in [0.2, 0.25) is 0 Å². The van der Waals surface area contributed by atoms with Crippen LogP contribution in [0.15, 0.2) is 17.7 Å². The van der Waals surface area contributed by atoms with Crippen LogP contribution in [0, 0.1) is 5.92 Å². The van der Waals surface area contributed by atoms with Crippen LogP contribution in [0.1, 0.15) is 31.9 Å². The van der Waals surface area contributed by atoms with E-state index in [0.29, 0.717) is 0 Å². The van der Waals surface area contributed by atoms with Crippen LogP contribution in [-0.2, 0) is 11.2 Å². The first-order valence-electron chi connectivity index (χ1n) is 6.59. The molecule has 0 bridgehead atoms. The molecule has 3 nitrogen and oxygen atoms in total. The molecule has 0 saturated carbocycles. The quantitative estimate of drug-likeness (QED) is 0.615. The number of rotatable bonds is 4. The van der Waals surface area contributed by atoms with Gasteiger partial charge in [-0.05, 0) is 36.6 Å². The van der Waals surface area contributed by atoms with Crippen molar-refractivity contribution in [2.24, 2.45) is 5.92 Å². The van der Waals surface area contributed by atoms with Crippen molar-refractivity contribution < 1.29 is 14.3 Å². The second-order valence-corrected chi connectivity index (χ2v) is 5.25. The summed E-state index contributed by atoms with van der Waals surface area (Å²) in [6.45, 7) is 6.05. The van der Waals surface area contributed by atoms with E-state index in [1.54, 1.807) is 7.11 Å². The zero-order chi connectivity index (χ0) is 14.0. The highest BCUT2D eigenvalue weighted by atomic mass is 16.5. The van der Waals surface area contributed by atoms with Crippen molar-refractivity contribution in [1.29, 1.82) is 0 Å². The van der Waals surface area contributed by atoms with E-state index in [-0.39, 0.29) is 12.0 Å². The number of methoxy groups -OCH3 is 1. The zero-order valence-corrected chi connectivity index (χ0v) is 11.9. The Kier molecular flexibility index (Phi) is 3.93. The fourth-order valence-electron chi connectivity index (χ4n) is 2.26. The van der Waals surface area contributed by atoms with Gasteiger partial charge in [-0.25, -0.2) is 0 Å². The number of carbonyl (C=O) groups excluding carboxylic acids is 1. The van der Waals surface area contributed by atoms with Crippen molar-refractivity contribution in [3.05, 3.63) is 28.8 Å². The molecule has 0 amide bonds. The summed E-state index contributed by atoms with van der Waals surface area (Å²) in [5, 5.41) is 0. The molecule has 0 aliphatic carbocycles. The highest BCUT2D eigenvalue weighted by Crippen LogP contribution is 2.36. The Bertz CT molecular complexity index is 515. The SMILES string of the molecule is COc1cc2c(cc1/C=C(/C=O)C(C)C)OC(C)C2. The maximum Gasteiger partial charge on any atom is 0.146 e. The Labute approximate surface area is 114 Å². The largest absolute Gasteiger partial charge is 0.496 e. The van der Waals surface area contributed by atoms with E-state index in [1.807, 2.05) is 39.0 Å². The van der Waals surface area contributed by atoms with Gasteiger partial charge in [0.05, 0.1) is 7.11 Å². The normalized spacial score (nSPS) is 18.2. The van der Waals surface area contributed by atoms with Gasteiger partial charge in [-0.2, -0.15) is 0 Å². The molecule has 1 atom stereocenters. The molecule has 0 aromatic heterocycles. The van der Waals surface area contributed by atoms with Crippen molar-refractivity contribution in [3.63, 3.8) is 0 Å². The average Bonchev–Trinajstić information content (AvgIpc) is 2.73. The van der Waals surface area contributed by atoms with Crippen LogP contribution in [0.3, 0.4) is 0 Å². The molecule has 2 rings (SSSR count). The number of ether oxygens (including phenoxy) is 2. The molecular formula is C16H20O3. The first kappa shape index (κ1) is 13.7. The van der Waals surface area contributed by atoms with Crippen molar-refractivity contribution in [1.82, 2.24) is 0 Å². The Morgan fingerprint density at radius 3 is 2.79 bits per heavy atom. The molecule has 1 aromatic carbocycles. The molecule has 0 radical (unpaired) electrons. The Morgan fingerprint density at radius 2 is 2.21 bits per heavy atom. The Morgan fingerprint density at radius 1 is 1.47 bits per heavy atom. The topological polar surface area (TPSA) is 35.5 Å². The molecule has 1 aromatic rings. The third kappa shape index (κ3) is 2.80. The van der Waals surface area contributed by atoms with Crippen molar-refractivity contribution in [2.75, 3.05) is 7.11 Å². The lowest BCUT2D eigenvalue weighted by atomic mass is 9.99. The summed E-state index contributed by atoms with van der Waals surface area (Å²) in [4.78, 5) is 11.1. The second kappa shape index (κ2) is 5.47. The van der Waals surface area contributed by atoms with Gasteiger partial charge in [-0.3, -0.25) is 4.79 Å². The van der Waals surface area contributed by atoms with Gasteiger partial charge in [-0.15, -0.1) is 0 Å². The third-order valence-corrected chi connectivity index (χ3v) is 3.37. The number of carbonyl (C=O) groups is 1. The summed E-state index contributed by atoms with van der Waals surface area (Å²) in [5.74, 6) is 1.88. The van der Waals surface area contributed by atoms with E-state index in [9.17, 15) is 4.79 Å². The minimum Gasteiger partial charge on any atom is -0.496 e. The minimum absolute atomic E-state index is 0.190. The van der Waals surface area contributed by atoms with Crippen LogP contribution < -0.4 is 9.47 Å². The smallest absolute Gasteiger partial charge is 0.146 e. The molecule has 1 heterocycles. The summed E-state index contributed by atoms with van der Waals surface area (Å²) in [6.07, 6.45) is 3.89. The predicted molar refractivity (Wildman–Crippen MR) is 75.7 cm³/mol. The number of allylic oxidation sites excluding steroid dienone is 1. The number of fused-ring (bicyclic) bond motifs is 1. The lowest BCUT2D eigenvalue weighted by Crippen LogP contribution is -2.05. The van der Waals surface area contributed by atoms with Gasteiger partial charge in [0.15, 0.2) is 0 Å². The van der Waals surface area contributed by atoms with Crippen LogP contribution in [0.25, 0.3) is 6.08 Å². The van der Waals surface area contributed by atoms with E-state index in [0.717, 1.165) is 35.3 Å². The molecule has 0 saturated heterocycles. The van der Waals surface area contributed by atoms with Crippen molar-refractivity contribution >= 4 is 12.4 Å². The maximum absolute atomic E-state index is 11.1. The van der Waals surface area contributed by atoms with Gasteiger partial charge < -0.3 is 9.47 Å². The van der Waals surface area contributed by atoms with Gasteiger partial charge >= 0.3 is 0 Å². The molecule has 0 spiro atoms. The predicted octanol–water partition coefficient (Wildman–Crippen LogP) is 3.26. The van der Waals surface area contributed by atoms with Crippen molar-refractivity contribution in [3.8, 4) is 11.5 Å². The molecule has 0 fully saturated rings. The zero-order valence-electron chi connectivity index (χ0n) is 11.9. The molecule has 3 heteroatoms. The van der Waals surface area contributed by atoms with Gasteiger partial charge in [0.1, 0.15) is 23.9 Å². The summed E-state index contributed by atoms with van der Waals surface area (Å²) in [7, 11) is 1.65. The van der Waals surface area contributed by atoms with Crippen LogP contribution in [-0.4, -0.2) is 19.5 Å². The first-order valence-corrected chi connectivity index (χ1v) is 6.59. The summed E-state index contributed by atoms with van der Waals surface area (Å²) in [6, 6.07) is 3.97. The fraction of sp³-hybridized carbons (Fsp3) is 0.438. The monoisotopic (exact) mass is 260 g/mol. The van der Waals surface area contributed by atoms with Crippen LogP contribution >= 0.6 is 0 Å². The molecule has 1 aliphatic heterocycles.